The van der Waals surface area contributed by atoms with E-state index in [9.17, 15) is 9.59 Å². The van der Waals surface area contributed by atoms with E-state index in [0.29, 0.717) is 17.0 Å². The van der Waals surface area contributed by atoms with Crippen molar-refractivity contribution in [3.05, 3.63) is 60.2 Å². The van der Waals surface area contributed by atoms with Crippen molar-refractivity contribution in [1.29, 1.82) is 0 Å². The Labute approximate surface area is 129 Å². The minimum atomic E-state index is -0.669. The molecule has 2 N–H and O–H groups in total. The quantitative estimate of drug-likeness (QED) is 0.891. The highest BCUT2D eigenvalue weighted by Gasteiger charge is 2.17. The number of methoxy groups -OCH3 is 1. The minimum Gasteiger partial charge on any atom is -0.495 e. The molecule has 2 rings (SSSR count). The number of ether oxygens (including phenoxy) is 1. The second kappa shape index (κ2) is 7.26. The van der Waals surface area contributed by atoms with Crippen LogP contribution in [-0.2, 0) is 4.79 Å². The van der Waals surface area contributed by atoms with E-state index in [1.165, 1.54) is 7.11 Å². The van der Waals surface area contributed by atoms with Gasteiger partial charge in [-0.1, -0.05) is 30.3 Å². The molecule has 0 saturated heterocycles. The van der Waals surface area contributed by atoms with Crippen LogP contribution in [0.15, 0.2) is 54.6 Å². The summed E-state index contributed by atoms with van der Waals surface area (Å²) in [4.78, 5) is 24.2. The van der Waals surface area contributed by atoms with Crippen molar-refractivity contribution in [3.63, 3.8) is 0 Å². The lowest BCUT2D eigenvalue weighted by Gasteiger charge is -2.15. The molecule has 2 amide bonds. The van der Waals surface area contributed by atoms with Crippen LogP contribution in [0.5, 0.6) is 5.75 Å². The Morgan fingerprint density at radius 3 is 2.32 bits per heavy atom. The molecule has 0 radical (unpaired) electrons. The topological polar surface area (TPSA) is 67.4 Å². The van der Waals surface area contributed by atoms with Gasteiger partial charge in [-0.25, -0.2) is 0 Å². The lowest BCUT2D eigenvalue weighted by molar-refractivity contribution is -0.117. The number of hydrogen-bond donors (Lipinski definition) is 2. The van der Waals surface area contributed by atoms with Crippen LogP contribution in [0.3, 0.4) is 0 Å². The first-order valence-electron chi connectivity index (χ1n) is 6.91. The van der Waals surface area contributed by atoms with Crippen LogP contribution >= 0.6 is 0 Å². The molecule has 2 aromatic carbocycles. The molecule has 0 fully saturated rings. The normalized spacial score (nSPS) is 11.4. The summed E-state index contributed by atoms with van der Waals surface area (Å²) >= 11 is 0. The molecule has 0 aliphatic carbocycles. The van der Waals surface area contributed by atoms with Crippen molar-refractivity contribution in [3.8, 4) is 5.75 Å². The maximum absolute atomic E-state index is 12.2. The van der Waals surface area contributed by atoms with Crippen LogP contribution in [0, 0.1) is 0 Å². The minimum absolute atomic E-state index is 0.289. The Morgan fingerprint density at radius 2 is 1.64 bits per heavy atom. The molecule has 0 saturated carbocycles. The molecule has 0 aliphatic heterocycles. The van der Waals surface area contributed by atoms with Gasteiger partial charge in [0.1, 0.15) is 11.8 Å². The van der Waals surface area contributed by atoms with E-state index in [1.807, 2.05) is 12.1 Å². The lowest BCUT2D eigenvalue weighted by Crippen LogP contribution is -2.41. The van der Waals surface area contributed by atoms with Gasteiger partial charge in [-0.15, -0.1) is 0 Å². The second-order valence-electron chi connectivity index (χ2n) is 4.75. The first-order chi connectivity index (χ1) is 10.6. The number of nitrogens with one attached hydrogen (secondary N) is 2. The predicted molar refractivity (Wildman–Crippen MR) is 85.0 cm³/mol. The third-order valence-corrected chi connectivity index (χ3v) is 3.14. The molecule has 114 valence electrons. The molecule has 1 atom stereocenters. The van der Waals surface area contributed by atoms with Crippen molar-refractivity contribution in [2.24, 2.45) is 0 Å². The monoisotopic (exact) mass is 298 g/mol. The number of benzene rings is 2. The molecule has 22 heavy (non-hydrogen) atoms. The molecule has 0 aromatic heterocycles. The summed E-state index contributed by atoms with van der Waals surface area (Å²) in [6, 6.07) is 15.2. The van der Waals surface area contributed by atoms with Crippen LogP contribution in [-0.4, -0.2) is 25.0 Å². The standard InChI is InChI=1S/C17H18N2O3/c1-12(18-17(21)13-8-4-3-5-9-13)16(20)19-14-10-6-7-11-15(14)22-2/h3-12H,1-2H3,(H,18,21)(H,19,20)/t12-/m1/s1. The number of anilines is 1. The average molecular weight is 298 g/mol. The van der Waals surface area contributed by atoms with E-state index in [4.69, 9.17) is 4.74 Å². The van der Waals surface area contributed by atoms with Gasteiger partial charge in [-0.3, -0.25) is 9.59 Å². The number of amides is 2. The summed E-state index contributed by atoms with van der Waals surface area (Å²) in [5, 5.41) is 5.40. The van der Waals surface area contributed by atoms with Gasteiger partial charge >= 0.3 is 0 Å². The summed E-state index contributed by atoms with van der Waals surface area (Å²) in [7, 11) is 1.53. The van der Waals surface area contributed by atoms with Crippen molar-refractivity contribution < 1.29 is 14.3 Å². The van der Waals surface area contributed by atoms with Gasteiger partial charge < -0.3 is 15.4 Å². The smallest absolute Gasteiger partial charge is 0.251 e. The van der Waals surface area contributed by atoms with E-state index in [-0.39, 0.29) is 11.8 Å². The Bertz CT molecular complexity index is 656. The van der Waals surface area contributed by atoms with E-state index in [2.05, 4.69) is 10.6 Å². The molecule has 0 bridgehead atoms. The van der Waals surface area contributed by atoms with E-state index >= 15 is 0 Å². The van der Waals surface area contributed by atoms with Crippen molar-refractivity contribution in [2.45, 2.75) is 13.0 Å². The summed E-state index contributed by atoms with van der Waals surface area (Å²) < 4.78 is 5.17. The molecule has 5 nitrogen and oxygen atoms in total. The summed E-state index contributed by atoms with van der Waals surface area (Å²) in [6.07, 6.45) is 0. The van der Waals surface area contributed by atoms with Gasteiger partial charge in [0.2, 0.25) is 5.91 Å². The van der Waals surface area contributed by atoms with Crippen LogP contribution in [0.2, 0.25) is 0 Å². The highest BCUT2D eigenvalue weighted by molar-refractivity contribution is 6.01. The zero-order chi connectivity index (χ0) is 15.9. The van der Waals surface area contributed by atoms with E-state index in [1.54, 1.807) is 49.4 Å². The fourth-order valence-corrected chi connectivity index (χ4v) is 1.92. The molecule has 0 unspecified atom stereocenters. The van der Waals surface area contributed by atoms with Crippen molar-refractivity contribution >= 4 is 17.5 Å². The van der Waals surface area contributed by atoms with Crippen molar-refractivity contribution in [2.75, 3.05) is 12.4 Å². The molecule has 5 heteroatoms. The zero-order valence-electron chi connectivity index (χ0n) is 12.5. The Hall–Kier alpha value is -2.82. The maximum Gasteiger partial charge on any atom is 0.251 e. The second-order valence-corrected chi connectivity index (χ2v) is 4.75. The third-order valence-electron chi connectivity index (χ3n) is 3.14. The predicted octanol–water partition coefficient (Wildman–Crippen LogP) is 2.45. The largest absolute Gasteiger partial charge is 0.495 e. The molecule has 0 aliphatic rings. The van der Waals surface area contributed by atoms with Crippen LogP contribution in [0.25, 0.3) is 0 Å². The Kier molecular flexibility index (Phi) is 5.14. The maximum atomic E-state index is 12.2. The zero-order valence-corrected chi connectivity index (χ0v) is 12.5. The van der Waals surface area contributed by atoms with Gasteiger partial charge in [-0.05, 0) is 31.2 Å². The summed E-state index contributed by atoms with van der Waals surface area (Å²) in [5.41, 5.74) is 1.08. The van der Waals surface area contributed by atoms with Gasteiger partial charge in [0.15, 0.2) is 0 Å². The Balaban J connectivity index is 1.99. The third kappa shape index (κ3) is 3.85. The van der Waals surface area contributed by atoms with Crippen LogP contribution in [0.1, 0.15) is 17.3 Å². The average Bonchev–Trinajstić information content (AvgIpc) is 2.56. The van der Waals surface area contributed by atoms with Gasteiger partial charge in [0.05, 0.1) is 12.8 Å². The van der Waals surface area contributed by atoms with E-state index < -0.39 is 6.04 Å². The van der Waals surface area contributed by atoms with Gasteiger partial charge in [0, 0.05) is 5.56 Å². The highest BCUT2D eigenvalue weighted by Crippen LogP contribution is 2.23. The molecule has 2 aromatic rings. The first-order valence-corrected chi connectivity index (χ1v) is 6.91. The molecule has 0 spiro atoms. The number of carbonyl (C=O) groups excluding carboxylic acids is 2. The highest BCUT2D eigenvalue weighted by atomic mass is 16.5. The molecular weight excluding hydrogens is 280 g/mol. The lowest BCUT2D eigenvalue weighted by atomic mass is 10.2. The summed E-state index contributed by atoms with van der Waals surface area (Å²) in [5.74, 6) is -0.0329. The van der Waals surface area contributed by atoms with Crippen LogP contribution in [0.4, 0.5) is 5.69 Å². The fourth-order valence-electron chi connectivity index (χ4n) is 1.92. The van der Waals surface area contributed by atoms with Gasteiger partial charge in [0.25, 0.3) is 5.91 Å². The van der Waals surface area contributed by atoms with Crippen LogP contribution < -0.4 is 15.4 Å². The fraction of sp³-hybridized carbons (Fsp3) is 0.176. The van der Waals surface area contributed by atoms with Gasteiger partial charge in [-0.2, -0.15) is 0 Å². The van der Waals surface area contributed by atoms with E-state index in [0.717, 1.165) is 0 Å². The number of para-hydroxylation sites is 2. The number of hydrogen-bond acceptors (Lipinski definition) is 3. The Morgan fingerprint density at radius 1 is 1.00 bits per heavy atom. The molecule has 0 heterocycles. The molecular formula is C17H18N2O3. The number of carbonyl (C=O) groups is 2. The van der Waals surface area contributed by atoms with Crippen molar-refractivity contribution in [1.82, 2.24) is 5.32 Å². The summed E-state index contributed by atoms with van der Waals surface area (Å²) in [6.45, 7) is 1.63. The SMILES string of the molecule is COc1ccccc1NC(=O)[C@@H](C)NC(=O)c1ccccc1. The number of rotatable bonds is 5. The first kappa shape index (κ1) is 15.6.